The average Bonchev–Trinajstić information content (AvgIpc) is 2.04. The molecule has 0 saturated heterocycles. The lowest BCUT2D eigenvalue weighted by Crippen LogP contribution is -2.31. The average molecular weight is 198 g/mol. The van der Waals surface area contributed by atoms with E-state index in [9.17, 15) is 4.79 Å². The Bertz CT molecular complexity index is 339. The molecule has 68 valence electrons. The Balaban J connectivity index is 3.19. The standard InChI is InChI=1S/C7H7BO4S/c9-7(10)4-1-2-6(13)5(3-4)8(11)12/h1-3,11-13H,(H,9,10). The highest BCUT2D eigenvalue weighted by atomic mass is 32.1. The Morgan fingerprint density at radius 3 is 2.46 bits per heavy atom. The fourth-order valence-corrected chi connectivity index (χ4v) is 1.15. The molecule has 0 bridgehead atoms. The van der Waals surface area contributed by atoms with E-state index in [2.05, 4.69) is 12.6 Å². The van der Waals surface area contributed by atoms with E-state index in [1.54, 1.807) is 0 Å². The van der Waals surface area contributed by atoms with Crippen molar-refractivity contribution < 1.29 is 19.9 Å². The molecule has 0 aromatic heterocycles. The van der Waals surface area contributed by atoms with Crippen LogP contribution in [-0.4, -0.2) is 28.2 Å². The highest BCUT2D eigenvalue weighted by molar-refractivity contribution is 7.80. The number of benzene rings is 1. The maximum absolute atomic E-state index is 10.5. The van der Waals surface area contributed by atoms with Crippen molar-refractivity contribution in [2.24, 2.45) is 0 Å². The lowest BCUT2D eigenvalue weighted by atomic mass is 9.79. The molecule has 1 aromatic carbocycles. The Morgan fingerprint density at radius 1 is 1.38 bits per heavy atom. The van der Waals surface area contributed by atoms with Crippen LogP contribution in [0, 0.1) is 0 Å². The first-order chi connectivity index (χ1) is 6.02. The van der Waals surface area contributed by atoms with Gasteiger partial charge in [0.15, 0.2) is 0 Å². The largest absolute Gasteiger partial charge is 0.489 e. The van der Waals surface area contributed by atoms with Gasteiger partial charge in [0.2, 0.25) is 0 Å². The highest BCUT2D eigenvalue weighted by Gasteiger charge is 2.16. The van der Waals surface area contributed by atoms with E-state index in [1.807, 2.05) is 0 Å². The van der Waals surface area contributed by atoms with Gasteiger partial charge in [0.1, 0.15) is 0 Å². The maximum Gasteiger partial charge on any atom is 0.489 e. The summed E-state index contributed by atoms with van der Waals surface area (Å²) in [5, 5.41) is 26.2. The molecule has 0 radical (unpaired) electrons. The Labute approximate surface area is 80.4 Å². The predicted octanol–water partition coefficient (Wildman–Crippen LogP) is -0.647. The Hall–Kier alpha value is -0.975. The number of aromatic carboxylic acids is 1. The van der Waals surface area contributed by atoms with Crippen molar-refractivity contribution in [2.75, 3.05) is 0 Å². The third-order valence-corrected chi connectivity index (χ3v) is 1.96. The fourth-order valence-electron chi connectivity index (χ4n) is 0.894. The van der Waals surface area contributed by atoms with Crippen LogP contribution in [0.2, 0.25) is 0 Å². The number of carbonyl (C=O) groups is 1. The number of rotatable bonds is 2. The lowest BCUT2D eigenvalue weighted by Gasteiger charge is -2.04. The van der Waals surface area contributed by atoms with E-state index in [0.717, 1.165) is 0 Å². The quantitative estimate of drug-likeness (QED) is 0.376. The van der Waals surface area contributed by atoms with Gasteiger partial charge in [-0.15, -0.1) is 12.6 Å². The van der Waals surface area contributed by atoms with E-state index in [0.29, 0.717) is 4.90 Å². The monoisotopic (exact) mass is 198 g/mol. The SMILES string of the molecule is O=C(O)c1ccc(S)c(B(O)O)c1. The van der Waals surface area contributed by atoms with E-state index in [4.69, 9.17) is 15.2 Å². The van der Waals surface area contributed by atoms with Crippen molar-refractivity contribution in [1.82, 2.24) is 0 Å². The topological polar surface area (TPSA) is 77.8 Å². The fraction of sp³-hybridized carbons (Fsp3) is 0. The Kier molecular flexibility index (Phi) is 2.97. The summed E-state index contributed by atoms with van der Waals surface area (Å²) in [6.07, 6.45) is 0. The second-order valence-electron chi connectivity index (χ2n) is 2.45. The molecule has 0 fully saturated rings. The van der Waals surface area contributed by atoms with Gasteiger partial charge >= 0.3 is 13.1 Å². The zero-order valence-electron chi connectivity index (χ0n) is 6.51. The van der Waals surface area contributed by atoms with E-state index < -0.39 is 13.1 Å². The van der Waals surface area contributed by atoms with Crippen LogP contribution in [0.1, 0.15) is 10.4 Å². The van der Waals surface area contributed by atoms with Crippen LogP contribution < -0.4 is 5.46 Å². The smallest absolute Gasteiger partial charge is 0.478 e. The molecule has 0 unspecified atom stereocenters. The molecular formula is C7H7BO4S. The minimum atomic E-state index is -1.70. The summed E-state index contributed by atoms with van der Waals surface area (Å²) in [6, 6.07) is 3.92. The van der Waals surface area contributed by atoms with Gasteiger partial charge in [0, 0.05) is 4.90 Å². The molecular weight excluding hydrogens is 191 g/mol. The molecule has 1 rings (SSSR count). The van der Waals surface area contributed by atoms with Gasteiger partial charge in [-0.3, -0.25) is 0 Å². The van der Waals surface area contributed by atoms with E-state index >= 15 is 0 Å². The molecule has 0 aliphatic rings. The normalized spacial score (nSPS) is 9.77. The second kappa shape index (κ2) is 3.82. The number of carboxylic acid groups (broad SMARTS) is 1. The molecule has 0 spiro atoms. The van der Waals surface area contributed by atoms with Gasteiger partial charge in [0.05, 0.1) is 5.56 Å². The molecule has 0 atom stereocenters. The molecule has 6 heteroatoms. The van der Waals surface area contributed by atoms with Crippen LogP contribution >= 0.6 is 12.6 Å². The van der Waals surface area contributed by atoms with Gasteiger partial charge in [-0.25, -0.2) is 4.79 Å². The first kappa shape index (κ1) is 10.1. The molecule has 1 aromatic rings. The molecule has 0 aliphatic carbocycles. The van der Waals surface area contributed by atoms with Crippen LogP contribution in [0.25, 0.3) is 0 Å². The zero-order chi connectivity index (χ0) is 10.0. The third kappa shape index (κ3) is 2.24. The molecule has 4 nitrogen and oxygen atoms in total. The van der Waals surface area contributed by atoms with Gasteiger partial charge < -0.3 is 15.2 Å². The van der Waals surface area contributed by atoms with Crippen LogP contribution in [0.4, 0.5) is 0 Å². The van der Waals surface area contributed by atoms with Gasteiger partial charge in [-0.1, -0.05) is 0 Å². The molecule has 0 saturated carbocycles. The van der Waals surface area contributed by atoms with Crippen molar-refractivity contribution in [2.45, 2.75) is 4.90 Å². The number of hydrogen-bond acceptors (Lipinski definition) is 4. The van der Waals surface area contributed by atoms with Crippen molar-refractivity contribution in [1.29, 1.82) is 0 Å². The van der Waals surface area contributed by atoms with Crippen molar-refractivity contribution >= 4 is 31.2 Å². The summed E-state index contributed by atoms with van der Waals surface area (Å²) in [6.45, 7) is 0. The van der Waals surface area contributed by atoms with E-state index in [1.165, 1.54) is 18.2 Å². The summed E-state index contributed by atoms with van der Waals surface area (Å²) in [7, 11) is -1.70. The molecule has 0 heterocycles. The third-order valence-electron chi connectivity index (χ3n) is 1.55. The molecule has 0 amide bonds. The molecule has 13 heavy (non-hydrogen) atoms. The lowest BCUT2D eigenvalue weighted by molar-refractivity contribution is 0.0697. The zero-order valence-corrected chi connectivity index (χ0v) is 7.40. The molecule has 3 N–H and O–H groups in total. The summed E-state index contributed by atoms with van der Waals surface area (Å²) in [5.41, 5.74) is 0.0872. The van der Waals surface area contributed by atoms with Gasteiger partial charge in [-0.2, -0.15) is 0 Å². The number of thiol groups is 1. The maximum atomic E-state index is 10.5. The van der Waals surface area contributed by atoms with Crippen LogP contribution in [0.3, 0.4) is 0 Å². The first-order valence-electron chi connectivity index (χ1n) is 3.44. The van der Waals surface area contributed by atoms with Gasteiger partial charge in [-0.05, 0) is 23.7 Å². The number of carboxylic acids is 1. The minimum absolute atomic E-state index is 0.000833. The minimum Gasteiger partial charge on any atom is -0.478 e. The predicted molar refractivity (Wildman–Crippen MR) is 50.5 cm³/mol. The molecule has 0 aliphatic heterocycles. The summed E-state index contributed by atoms with van der Waals surface area (Å²) in [4.78, 5) is 10.8. The van der Waals surface area contributed by atoms with E-state index in [-0.39, 0.29) is 11.0 Å². The Morgan fingerprint density at radius 2 is 2.00 bits per heavy atom. The first-order valence-corrected chi connectivity index (χ1v) is 3.89. The number of hydrogen-bond donors (Lipinski definition) is 4. The van der Waals surface area contributed by atoms with Gasteiger partial charge in [0.25, 0.3) is 0 Å². The van der Waals surface area contributed by atoms with Crippen LogP contribution in [-0.2, 0) is 0 Å². The van der Waals surface area contributed by atoms with Crippen LogP contribution in [0.15, 0.2) is 23.1 Å². The summed E-state index contributed by atoms with van der Waals surface area (Å²) < 4.78 is 0. The van der Waals surface area contributed by atoms with Crippen LogP contribution in [0.5, 0.6) is 0 Å². The summed E-state index contributed by atoms with van der Waals surface area (Å²) in [5.74, 6) is -1.12. The van der Waals surface area contributed by atoms with Crippen molar-refractivity contribution in [3.05, 3.63) is 23.8 Å². The second-order valence-corrected chi connectivity index (χ2v) is 2.93. The highest BCUT2D eigenvalue weighted by Crippen LogP contribution is 2.06. The van der Waals surface area contributed by atoms with Crippen molar-refractivity contribution in [3.63, 3.8) is 0 Å². The van der Waals surface area contributed by atoms with Crippen molar-refractivity contribution in [3.8, 4) is 0 Å². The summed E-state index contributed by atoms with van der Waals surface area (Å²) >= 11 is 3.94.